The van der Waals surface area contributed by atoms with Crippen LogP contribution in [0.2, 0.25) is 0 Å². The summed E-state index contributed by atoms with van der Waals surface area (Å²) in [5.74, 6) is 0.182. The first-order chi connectivity index (χ1) is 9.74. The molecule has 2 aromatic rings. The quantitative estimate of drug-likeness (QED) is 0.930. The number of hydrogen-bond acceptors (Lipinski definition) is 2. The maximum atomic E-state index is 11.9. The van der Waals surface area contributed by atoms with E-state index in [4.69, 9.17) is 0 Å². The molecule has 1 aromatic carbocycles. The SMILES string of the molecule is O=C(Nc1ccc(=O)n(-c2ccccc2)c1)C1CCC1. The van der Waals surface area contributed by atoms with Crippen LogP contribution in [-0.4, -0.2) is 10.5 Å². The van der Waals surface area contributed by atoms with E-state index in [9.17, 15) is 9.59 Å². The number of hydrogen-bond donors (Lipinski definition) is 1. The van der Waals surface area contributed by atoms with Crippen molar-refractivity contribution in [3.8, 4) is 5.69 Å². The number of para-hydroxylation sites is 1. The number of amides is 1. The highest BCUT2D eigenvalue weighted by molar-refractivity contribution is 5.92. The van der Waals surface area contributed by atoms with Gasteiger partial charge in [0.15, 0.2) is 0 Å². The van der Waals surface area contributed by atoms with Gasteiger partial charge in [-0.2, -0.15) is 0 Å². The third-order valence-electron chi connectivity index (χ3n) is 3.69. The number of carbonyl (C=O) groups excluding carboxylic acids is 1. The Bertz CT molecular complexity index is 672. The minimum Gasteiger partial charge on any atom is -0.325 e. The number of aromatic nitrogens is 1. The largest absolute Gasteiger partial charge is 0.325 e. The molecule has 4 nitrogen and oxygen atoms in total. The van der Waals surface area contributed by atoms with Crippen molar-refractivity contribution in [3.05, 3.63) is 59.0 Å². The first-order valence-electron chi connectivity index (χ1n) is 6.83. The summed E-state index contributed by atoms with van der Waals surface area (Å²) in [6.45, 7) is 0. The maximum absolute atomic E-state index is 11.9. The van der Waals surface area contributed by atoms with E-state index in [0.717, 1.165) is 24.9 Å². The highest BCUT2D eigenvalue weighted by Gasteiger charge is 2.25. The third kappa shape index (κ3) is 2.50. The molecule has 0 saturated heterocycles. The smallest absolute Gasteiger partial charge is 0.255 e. The molecule has 0 unspecified atom stereocenters. The van der Waals surface area contributed by atoms with Gasteiger partial charge < -0.3 is 5.32 Å². The molecule has 1 amide bonds. The molecule has 1 aromatic heterocycles. The Hall–Kier alpha value is -2.36. The Labute approximate surface area is 117 Å². The molecule has 1 heterocycles. The predicted molar refractivity (Wildman–Crippen MR) is 78.0 cm³/mol. The van der Waals surface area contributed by atoms with Gasteiger partial charge in [-0.05, 0) is 31.0 Å². The van der Waals surface area contributed by atoms with E-state index in [1.165, 1.54) is 10.6 Å². The van der Waals surface area contributed by atoms with Crippen LogP contribution >= 0.6 is 0 Å². The maximum Gasteiger partial charge on any atom is 0.255 e. The molecular weight excluding hydrogens is 252 g/mol. The second-order valence-corrected chi connectivity index (χ2v) is 5.08. The van der Waals surface area contributed by atoms with Crippen molar-refractivity contribution in [1.29, 1.82) is 0 Å². The Balaban J connectivity index is 1.87. The summed E-state index contributed by atoms with van der Waals surface area (Å²) in [6.07, 6.45) is 4.73. The predicted octanol–water partition coefficient (Wildman–Crippen LogP) is 2.58. The molecule has 102 valence electrons. The van der Waals surface area contributed by atoms with Crippen molar-refractivity contribution in [2.75, 3.05) is 5.32 Å². The van der Waals surface area contributed by atoms with Gasteiger partial charge in [0.1, 0.15) is 0 Å². The minimum absolute atomic E-state index is 0.0505. The molecular formula is C16H16N2O2. The van der Waals surface area contributed by atoms with Crippen LogP contribution in [0.4, 0.5) is 5.69 Å². The van der Waals surface area contributed by atoms with Gasteiger partial charge in [0.2, 0.25) is 5.91 Å². The van der Waals surface area contributed by atoms with Gasteiger partial charge in [-0.3, -0.25) is 14.2 Å². The lowest BCUT2D eigenvalue weighted by Crippen LogP contribution is -2.28. The number of benzene rings is 1. The number of anilines is 1. The first kappa shape index (κ1) is 12.7. The van der Waals surface area contributed by atoms with Crippen LogP contribution in [-0.2, 0) is 4.79 Å². The average molecular weight is 268 g/mol. The van der Waals surface area contributed by atoms with Gasteiger partial charge in [0.05, 0.1) is 5.69 Å². The van der Waals surface area contributed by atoms with Gasteiger partial charge in [-0.25, -0.2) is 0 Å². The second-order valence-electron chi connectivity index (χ2n) is 5.08. The number of carbonyl (C=O) groups is 1. The number of nitrogens with one attached hydrogen (secondary N) is 1. The average Bonchev–Trinajstić information content (AvgIpc) is 2.40. The van der Waals surface area contributed by atoms with Gasteiger partial charge >= 0.3 is 0 Å². The Morgan fingerprint density at radius 1 is 1.10 bits per heavy atom. The van der Waals surface area contributed by atoms with Gasteiger partial charge in [0, 0.05) is 23.9 Å². The molecule has 4 heteroatoms. The van der Waals surface area contributed by atoms with Crippen LogP contribution in [0.25, 0.3) is 5.69 Å². The Kier molecular flexibility index (Phi) is 3.37. The minimum atomic E-state index is -0.113. The summed E-state index contributed by atoms with van der Waals surface area (Å²) < 4.78 is 1.54. The summed E-state index contributed by atoms with van der Waals surface area (Å²) in [4.78, 5) is 23.8. The molecule has 1 aliphatic carbocycles. The van der Waals surface area contributed by atoms with Crippen molar-refractivity contribution >= 4 is 11.6 Å². The summed E-state index contributed by atoms with van der Waals surface area (Å²) in [6, 6.07) is 12.5. The van der Waals surface area contributed by atoms with Crippen molar-refractivity contribution in [3.63, 3.8) is 0 Å². The van der Waals surface area contributed by atoms with Gasteiger partial charge in [-0.15, -0.1) is 0 Å². The van der Waals surface area contributed by atoms with E-state index in [1.54, 1.807) is 12.3 Å². The molecule has 0 bridgehead atoms. The van der Waals surface area contributed by atoms with Crippen molar-refractivity contribution in [2.45, 2.75) is 19.3 Å². The van der Waals surface area contributed by atoms with Crippen molar-refractivity contribution in [1.82, 2.24) is 4.57 Å². The van der Waals surface area contributed by atoms with Crippen LogP contribution in [0.5, 0.6) is 0 Å². The number of pyridine rings is 1. The lowest BCUT2D eigenvalue weighted by molar-refractivity contribution is -0.122. The third-order valence-corrected chi connectivity index (χ3v) is 3.69. The Morgan fingerprint density at radius 2 is 1.85 bits per heavy atom. The zero-order valence-corrected chi connectivity index (χ0v) is 11.1. The van der Waals surface area contributed by atoms with Gasteiger partial charge in [-0.1, -0.05) is 24.6 Å². The monoisotopic (exact) mass is 268 g/mol. The van der Waals surface area contributed by atoms with Crippen LogP contribution in [0.1, 0.15) is 19.3 Å². The molecule has 0 spiro atoms. The summed E-state index contributed by atoms with van der Waals surface area (Å²) in [5, 5.41) is 2.88. The van der Waals surface area contributed by atoms with E-state index in [-0.39, 0.29) is 17.4 Å². The fourth-order valence-electron chi connectivity index (χ4n) is 2.27. The molecule has 3 rings (SSSR count). The molecule has 1 N–H and O–H groups in total. The topological polar surface area (TPSA) is 51.1 Å². The lowest BCUT2D eigenvalue weighted by Gasteiger charge is -2.24. The fraction of sp³-hybridized carbons (Fsp3) is 0.250. The molecule has 20 heavy (non-hydrogen) atoms. The lowest BCUT2D eigenvalue weighted by atomic mass is 9.85. The number of nitrogens with zero attached hydrogens (tertiary/aromatic N) is 1. The van der Waals surface area contributed by atoms with E-state index in [2.05, 4.69) is 5.32 Å². The number of rotatable bonds is 3. The molecule has 0 atom stereocenters. The van der Waals surface area contributed by atoms with Crippen molar-refractivity contribution < 1.29 is 4.79 Å². The van der Waals surface area contributed by atoms with Crippen molar-refractivity contribution in [2.24, 2.45) is 5.92 Å². The highest BCUT2D eigenvalue weighted by Crippen LogP contribution is 2.27. The second kappa shape index (κ2) is 5.33. The van der Waals surface area contributed by atoms with Crippen LogP contribution in [0, 0.1) is 5.92 Å². The van der Waals surface area contributed by atoms with Crippen LogP contribution in [0.15, 0.2) is 53.5 Å². The zero-order valence-electron chi connectivity index (χ0n) is 11.1. The van der Waals surface area contributed by atoms with E-state index in [1.807, 2.05) is 30.3 Å². The Morgan fingerprint density at radius 3 is 2.50 bits per heavy atom. The first-order valence-corrected chi connectivity index (χ1v) is 6.83. The molecule has 1 aliphatic rings. The summed E-state index contributed by atoms with van der Waals surface area (Å²) >= 11 is 0. The molecule has 1 fully saturated rings. The highest BCUT2D eigenvalue weighted by atomic mass is 16.2. The zero-order chi connectivity index (χ0) is 13.9. The molecule has 0 aliphatic heterocycles. The van der Waals surface area contributed by atoms with Gasteiger partial charge in [0.25, 0.3) is 5.56 Å². The normalized spacial score (nSPS) is 14.6. The van der Waals surface area contributed by atoms with Crippen LogP contribution in [0.3, 0.4) is 0 Å². The fourth-order valence-corrected chi connectivity index (χ4v) is 2.27. The van der Waals surface area contributed by atoms with Crippen LogP contribution < -0.4 is 10.9 Å². The standard InChI is InChI=1S/C16H16N2O2/c19-15-10-9-13(17-16(20)12-5-4-6-12)11-18(15)14-7-2-1-3-8-14/h1-3,7-12H,4-6H2,(H,17,20). The van der Waals surface area contributed by atoms with E-state index >= 15 is 0 Å². The van der Waals surface area contributed by atoms with E-state index < -0.39 is 0 Å². The van der Waals surface area contributed by atoms with E-state index in [0.29, 0.717) is 5.69 Å². The summed E-state index contributed by atoms with van der Waals surface area (Å²) in [7, 11) is 0. The summed E-state index contributed by atoms with van der Waals surface area (Å²) in [5.41, 5.74) is 1.33. The molecule has 0 radical (unpaired) electrons. The molecule has 1 saturated carbocycles.